The summed E-state index contributed by atoms with van der Waals surface area (Å²) >= 11 is 6.19. The Balaban J connectivity index is 2.72. The number of halogens is 1. The van der Waals surface area contributed by atoms with Crippen molar-refractivity contribution in [2.24, 2.45) is 0 Å². The molecule has 0 unspecified atom stereocenters. The third-order valence-corrected chi connectivity index (χ3v) is 4.35. The van der Waals surface area contributed by atoms with Gasteiger partial charge in [0.1, 0.15) is 5.75 Å². The average Bonchev–Trinajstić information content (AvgIpc) is 2.23. The summed E-state index contributed by atoms with van der Waals surface area (Å²) in [4.78, 5) is 11.6. The van der Waals surface area contributed by atoms with Gasteiger partial charge in [-0.15, -0.1) is 0 Å². The zero-order chi connectivity index (χ0) is 13.5. The lowest BCUT2D eigenvalue weighted by Gasteiger charge is -2.40. The van der Waals surface area contributed by atoms with E-state index in [9.17, 15) is 9.90 Å². The van der Waals surface area contributed by atoms with E-state index in [4.69, 9.17) is 16.3 Å². The van der Waals surface area contributed by atoms with E-state index < -0.39 is 11.4 Å². The van der Waals surface area contributed by atoms with Gasteiger partial charge in [0.2, 0.25) is 0 Å². The molecule has 0 aromatic heterocycles. The summed E-state index contributed by atoms with van der Waals surface area (Å²) < 4.78 is 5.42. The second-order valence-electron chi connectivity index (χ2n) is 4.95. The van der Waals surface area contributed by atoms with Gasteiger partial charge in [-0.1, -0.05) is 18.0 Å². The second-order valence-corrected chi connectivity index (χ2v) is 5.36. The van der Waals surface area contributed by atoms with Crippen LogP contribution in [-0.2, 0) is 10.2 Å². The molecule has 0 aliphatic heterocycles. The van der Waals surface area contributed by atoms with Gasteiger partial charge >= 0.3 is 5.97 Å². The van der Waals surface area contributed by atoms with E-state index in [-0.39, 0.29) is 0 Å². The quantitative estimate of drug-likeness (QED) is 0.913. The molecule has 0 bridgehead atoms. The molecule has 1 aromatic carbocycles. The van der Waals surface area contributed by atoms with Crippen LogP contribution in [0.4, 0.5) is 0 Å². The number of aryl methyl sites for hydroxylation is 1. The molecule has 0 amide bonds. The summed E-state index contributed by atoms with van der Waals surface area (Å²) in [5, 5.41) is 10.2. The predicted molar refractivity (Wildman–Crippen MR) is 70.6 cm³/mol. The number of carbonyl (C=O) groups is 1. The molecule has 1 aliphatic rings. The Morgan fingerprint density at radius 2 is 2.06 bits per heavy atom. The molecule has 1 fully saturated rings. The van der Waals surface area contributed by atoms with Crippen molar-refractivity contribution in [1.82, 2.24) is 0 Å². The molecule has 0 heterocycles. The maximum atomic E-state index is 11.6. The molecule has 0 saturated heterocycles. The fourth-order valence-corrected chi connectivity index (χ4v) is 3.05. The Hall–Kier alpha value is -1.22. The standard InChI is InChI=1S/C14H17ClO3/c1-8-7-10(15)9(2)11(12(8)18-3)14(13(16)17)5-4-6-14/h7H,4-6H2,1-3H3,(H,16,17). The van der Waals surface area contributed by atoms with E-state index in [1.165, 1.54) is 0 Å². The minimum Gasteiger partial charge on any atom is -0.496 e. The van der Waals surface area contributed by atoms with Crippen molar-refractivity contribution in [2.45, 2.75) is 38.5 Å². The zero-order valence-corrected chi connectivity index (χ0v) is 11.6. The van der Waals surface area contributed by atoms with Gasteiger partial charge in [0.15, 0.2) is 0 Å². The maximum absolute atomic E-state index is 11.6. The summed E-state index contributed by atoms with van der Waals surface area (Å²) in [5.41, 5.74) is 1.65. The monoisotopic (exact) mass is 268 g/mol. The number of hydrogen-bond donors (Lipinski definition) is 1. The van der Waals surface area contributed by atoms with Crippen LogP contribution in [0.25, 0.3) is 0 Å². The SMILES string of the molecule is COc1c(C)cc(Cl)c(C)c1C1(C(=O)O)CCC1. The topological polar surface area (TPSA) is 46.5 Å². The number of carboxylic acids is 1. The molecule has 1 aromatic rings. The Morgan fingerprint density at radius 3 is 2.44 bits per heavy atom. The molecule has 0 atom stereocenters. The van der Waals surface area contributed by atoms with Crippen molar-refractivity contribution in [2.75, 3.05) is 7.11 Å². The first kappa shape index (κ1) is 13.2. The van der Waals surface area contributed by atoms with Gasteiger partial charge in [-0.2, -0.15) is 0 Å². The number of hydrogen-bond acceptors (Lipinski definition) is 2. The highest BCUT2D eigenvalue weighted by molar-refractivity contribution is 6.31. The normalized spacial score (nSPS) is 17.1. The molecular formula is C14H17ClO3. The molecule has 3 nitrogen and oxygen atoms in total. The first-order valence-electron chi connectivity index (χ1n) is 6.01. The van der Waals surface area contributed by atoms with Crippen molar-refractivity contribution < 1.29 is 14.6 Å². The molecule has 2 rings (SSSR count). The van der Waals surface area contributed by atoms with Crippen molar-refractivity contribution >= 4 is 17.6 Å². The molecule has 1 aliphatic carbocycles. The predicted octanol–water partition coefficient (Wildman–Crippen LogP) is 3.47. The van der Waals surface area contributed by atoms with Crippen LogP contribution in [-0.4, -0.2) is 18.2 Å². The van der Waals surface area contributed by atoms with Crippen LogP contribution in [0.3, 0.4) is 0 Å². The average molecular weight is 269 g/mol. The van der Waals surface area contributed by atoms with E-state index in [0.717, 1.165) is 23.1 Å². The van der Waals surface area contributed by atoms with Crippen molar-refractivity contribution in [3.63, 3.8) is 0 Å². The largest absolute Gasteiger partial charge is 0.496 e. The van der Waals surface area contributed by atoms with Gasteiger partial charge in [0.25, 0.3) is 0 Å². The first-order chi connectivity index (χ1) is 8.44. The fraction of sp³-hybridized carbons (Fsp3) is 0.500. The number of ether oxygens (including phenoxy) is 1. The number of benzene rings is 1. The van der Waals surface area contributed by atoms with Gasteiger partial charge in [-0.05, 0) is 43.9 Å². The molecule has 98 valence electrons. The highest BCUT2D eigenvalue weighted by Crippen LogP contribution is 2.50. The van der Waals surface area contributed by atoms with Gasteiger partial charge in [0, 0.05) is 10.6 Å². The molecule has 0 radical (unpaired) electrons. The molecule has 1 N–H and O–H groups in total. The smallest absolute Gasteiger partial charge is 0.314 e. The van der Waals surface area contributed by atoms with Crippen molar-refractivity contribution in [3.05, 3.63) is 27.8 Å². The number of carboxylic acid groups (broad SMARTS) is 1. The molecule has 4 heteroatoms. The maximum Gasteiger partial charge on any atom is 0.314 e. The van der Waals surface area contributed by atoms with Crippen LogP contribution in [0.5, 0.6) is 5.75 Å². The first-order valence-corrected chi connectivity index (χ1v) is 6.39. The van der Waals surface area contributed by atoms with Gasteiger partial charge in [-0.3, -0.25) is 4.79 Å². The Bertz CT molecular complexity index is 504. The van der Waals surface area contributed by atoms with Crippen molar-refractivity contribution in [3.8, 4) is 5.75 Å². The number of methoxy groups -OCH3 is 1. The Morgan fingerprint density at radius 1 is 1.44 bits per heavy atom. The summed E-state index contributed by atoms with van der Waals surface area (Å²) in [5.74, 6) is -0.115. The summed E-state index contributed by atoms with van der Waals surface area (Å²) in [6, 6.07) is 1.83. The lowest BCUT2D eigenvalue weighted by Crippen LogP contribution is -2.43. The van der Waals surface area contributed by atoms with Crippen LogP contribution < -0.4 is 4.74 Å². The number of rotatable bonds is 3. The van der Waals surface area contributed by atoms with Gasteiger partial charge in [-0.25, -0.2) is 0 Å². The number of aliphatic carboxylic acids is 1. The van der Waals surface area contributed by atoms with Crippen LogP contribution in [0.1, 0.15) is 36.0 Å². The fourth-order valence-electron chi connectivity index (χ4n) is 2.79. The molecular weight excluding hydrogens is 252 g/mol. The van der Waals surface area contributed by atoms with Crippen LogP contribution >= 0.6 is 11.6 Å². The summed E-state index contributed by atoms with van der Waals surface area (Å²) in [7, 11) is 1.58. The van der Waals surface area contributed by atoms with Crippen LogP contribution in [0, 0.1) is 13.8 Å². The highest BCUT2D eigenvalue weighted by atomic mass is 35.5. The molecule has 18 heavy (non-hydrogen) atoms. The second kappa shape index (κ2) is 4.47. The van der Waals surface area contributed by atoms with E-state index in [2.05, 4.69) is 0 Å². The molecule has 1 saturated carbocycles. The third-order valence-electron chi connectivity index (χ3n) is 3.96. The minimum atomic E-state index is -0.814. The molecule has 0 spiro atoms. The van der Waals surface area contributed by atoms with Gasteiger partial charge < -0.3 is 9.84 Å². The Kier molecular flexibility index (Phi) is 3.28. The van der Waals surface area contributed by atoms with Crippen LogP contribution in [0.15, 0.2) is 6.07 Å². The van der Waals surface area contributed by atoms with E-state index in [1.807, 2.05) is 19.9 Å². The van der Waals surface area contributed by atoms with Crippen LogP contribution in [0.2, 0.25) is 5.02 Å². The van der Waals surface area contributed by atoms with Crippen molar-refractivity contribution in [1.29, 1.82) is 0 Å². The summed E-state index contributed by atoms with van der Waals surface area (Å²) in [6.07, 6.45) is 2.24. The van der Waals surface area contributed by atoms with E-state index in [1.54, 1.807) is 7.11 Å². The lowest BCUT2D eigenvalue weighted by molar-refractivity contribution is -0.147. The zero-order valence-electron chi connectivity index (χ0n) is 10.8. The Labute approximate surface area is 112 Å². The lowest BCUT2D eigenvalue weighted by atomic mass is 9.63. The summed E-state index contributed by atoms with van der Waals surface area (Å²) in [6.45, 7) is 3.75. The van der Waals surface area contributed by atoms with E-state index >= 15 is 0 Å². The highest BCUT2D eigenvalue weighted by Gasteiger charge is 2.49. The van der Waals surface area contributed by atoms with Gasteiger partial charge in [0.05, 0.1) is 12.5 Å². The van der Waals surface area contributed by atoms with E-state index in [0.29, 0.717) is 23.6 Å². The minimum absolute atomic E-state index is 0.607. The third kappa shape index (κ3) is 1.69.